The zero-order chi connectivity index (χ0) is 13.0. The fourth-order valence-electron chi connectivity index (χ4n) is 2.71. The van der Waals surface area contributed by atoms with Gasteiger partial charge in [-0.05, 0) is 47.9 Å². The minimum absolute atomic E-state index is 0.608. The van der Waals surface area contributed by atoms with Crippen molar-refractivity contribution in [1.82, 2.24) is 0 Å². The molecule has 0 atom stereocenters. The Bertz CT molecular complexity index is 495. The molecule has 0 unspecified atom stereocenters. The Morgan fingerprint density at radius 1 is 0.833 bits per heavy atom. The van der Waals surface area contributed by atoms with Crippen molar-refractivity contribution in [2.24, 2.45) is 0 Å². The first kappa shape index (κ1) is 12.9. The predicted molar refractivity (Wildman–Crippen MR) is 79.1 cm³/mol. The van der Waals surface area contributed by atoms with Crippen LogP contribution in [0.15, 0.2) is 48.5 Å². The van der Waals surface area contributed by atoms with Gasteiger partial charge in [0.2, 0.25) is 0 Å². The van der Waals surface area contributed by atoms with Crippen molar-refractivity contribution in [3.05, 3.63) is 70.8 Å². The third-order valence-corrected chi connectivity index (χ3v) is 3.52. The molecule has 0 heteroatoms. The average molecular weight is 238 g/mol. The molecule has 0 amide bonds. The maximum Gasteiger partial charge on any atom is -0.0213 e. The molecule has 2 aromatic rings. The Hall–Kier alpha value is -1.56. The topological polar surface area (TPSA) is 0 Å². The lowest BCUT2D eigenvalue weighted by Gasteiger charge is -2.16. The second-order valence-corrected chi connectivity index (χ2v) is 5.29. The van der Waals surface area contributed by atoms with E-state index in [1.54, 1.807) is 0 Å². The van der Waals surface area contributed by atoms with E-state index < -0.39 is 0 Å². The number of aryl methyl sites for hydroxylation is 3. The number of hydrogen-bond donors (Lipinski definition) is 0. The van der Waals surface area contributed by atoms with Crippen LogP contribution in [-0.2, 0) is 12.8 Å². The molecule has 18 heavy (non-hydrogen) atoms. The summed E-state index contributed by atoms with van der Waals surface area (Å²) in [5, 5.41) is 0. The van der Waals surface area contributed by atoms with Gasteiger partial charge in [-0.2, -0.15) is 0 Å². The molecule has 0 saturated heterocycles. The molecule has 0 bridgehead atoms. The van der Waals surface area contributed by atoms with Crippen molar-refractivity contribution in [2.75, 3.05) is 0 Å². The van der Waals surface area contributed by atoms with Crippen LogP contribution in [0.1, 0.15) is 42.0 Å². The van der Waals surface area contributed by atoms with Crippen LogP contribution < -0.4 is 0 Å². The smallest absolute Gasteiger partial charge is 0.0213 e. The van der Waals surface area contributed by atoms with Gasteiger partial charge in [-0.15, -0.1) is 0 Å². The van der Waals surface area contributed by atoms with E-state index in [0.717, 1.165) is 12.8 Å². The summed E-state index contributed by atoms with van der Waals surface area (Å²) in [5.41, 5.74) is 5.89. The molecule has 94 valence electrons. The first-order chi connectivity index (χ1) is 8.68. The van der Waals surface area contributed by atoms with Gasteiger partial charge in [-0.3, -0.25) is 0 Å². The lowest BCUT2D eigenvalue weighted by Crippen LogP contribution is -2.01. The molecule has 0 N–H and O–H groups in total. The molecule has 2 aromatic carbocycles. The van der Waals surface area contributed by atoms with E-state index in [1.165, 1.54) is 22.3 Å². The molecular formula is C18H22. The van der Waals surface area contributed by atoms with Gasteiger partial charge in [-0.1, -0.05) is 62.4 Å². The SMILES string of the molecule is Cc1cccc(CCc2ccccc2)c1C(C)C. The standard InChI is InChI=1S/C18H22/c1-14(2)18-15(3)8-7-11-17(18)13-12-16-9-5-4-6-10-16/h4-11,14H,12-13H2,1-3H3. The summed E-state index contributed by atoms with van der Waals surface area (Å²) >= 11 is 0. The number of hydrogen-bond acceptors (Lipinski definition) is 0. The largest absolute Gasteiger partial charge is 0.0622 e. The van der Waals surface area contributed by atoms with E-state index >= 15 is 0 Å². The molecule has 0 aromatic heterocycles. The molecule has 0 spiro atoms. The second-order valence-electron chi connectivity index (χ2n) is 5.29. The molecule has 0 radical (unpaired) electrons. The average Bonchev–Trinajstić information content (AvgIpc) is 2.37. The van der Waals surface area contributed by atoms with Crippen molar-refractivity contribution in [3.8, 4) is 0 Å². The third kappa shape index (κ3) is 3.01. The molecular weight excluding hydrogens is 216 g/mol. The fraction of sp³-hybridized carbons (Fsp3) is 0.333. The lowest BCUT2D eigenvalue weighted by atomic mass is 9.90. The van der Waals surface area contributed by atoms with Gasteiger partial charge < -0.3 is 0 Å². The van der Waals surface area contributed by atoms with Crippen LogP contribution in [0.4, 0.5) is 0 Å². The summed E-state index contributed by atoms with van der Waals surface area (Å²) < 4.78 is 0. The number of rotatable bonds is 4. The Kier molecular flexibility index (Phi) is 4.19. The van der Waals surface area contributed by atoms with E-state index in [-0.39, 0.29) is 0 Å². The summed E-state index contributed by atoms with van der Waals surface area (Å²) in [4.78, 5) is 0. The van der Waals surface area contributed by atoms with Gasteiger partial charge in [0, 0.05) is 0 Å². The highest BCUT2D eigenvalue weighted by Crippen LogP contribution is 2.24. The van der Waals surface area contributed by atoms with Gasteiger partial charge in [0.25, 0.3) is 0 Å². The Labute approximate surface area is 111 Å². The monoisotopic (exact) mass is 238 g/mol. The van der Waals surface area contributed by atoms with Crippen LogP contribution in [0.3, 0.4) is 0 Å². The molecule has 0 heterocycles. The van der Waals surface area contributed by atoms with E-state index in [4.69, 9.17) is 0 Å². The van der Waals surface area contributed by atoms with Crippen LogP contribution in [0.2, 0.25) is 0 Å². The highest BCUT2D eigenvalue weighted by molar-refractivity contribution is 5.37. The molecule has 0 aliphatic carbocycles. The highest BCUT2D eigenvalue weighted by atomic mass is 14.1. The predicted octanol–water partition coefficient (Wildman–Crippen LogP) is 4.90. The summed E-state index contributed by atoms with van der Waals surface area (Å²) in [5.74, 6) is 0.608. The van der Waals surface area contributed by atoms with Crippen LogP contribution in [0.5, 0.6) is 0 Å². The maximum absolute atomic E-state index is 2.29. The first-order valence-corrected chi connectivity index (χ1v) is 6.81. The van der Waals surface area contributed by atoms with E-state index in [2.05, 4.69) is 69.3 Å². The Morgan fingerprint density at radius 2 is 1.56 bits per heavy atom. The van der Waals surface area contributed by atoms with Crippen molar-refractivity contribution in [2.45, 2.75) is 39.5 Å². The lowest BCUT2D eigenvalue weighted by molar-refractivity contribution is 0.819. The van der Waals surface area contributed by atoms with E-state index in [9.17, 15) is 0 Å². The van der Waals surface area contributed by atoms with Crippen molar-refractivity contribution < 1.29 is 0 Å². The van der Waals surface area contributed by atoms with Crippen molar-refractivity contribution >= 4 is 0 Å². The summed E-state index contributed by atoms with van der Waals surface area (Å²) in [6.07, 6.45) is 2.27. The van der Waals surface area contributed by atoms with Crippen LogP contribution >= 0.6 is 0 Å². The molecule has 0 fully saturated rings. The van der Waals surface area contributed by atoms with E-state index in [1.807, 2.05) is 0 Å². The highest BCUT2D eigenvalue weighted by Gasteiger charge is 2.09. The maximum atomic E-state index is 2.29. The first-order valence-electron chi connectivity index (χ1n) is 6.81. The zero-order valence-electron chi connectivity index (χ0n) is 11.6. The van der Waals surface area contributed by atoms with Crippen molar-refractivity contribution in [1.29, 1.82) is 0 Å². The Balaban J connectivity index is 2.17. The van der Waals surface area contributed by atoms with Gasteiger partial charge in [-0.25, -0.2) is 0 Å². The Morgan fingerprint density at radius 3 is 2.22 bits per heavy atom. The normalized spacial score (nSPS) is 10.9. The van der Waals surface area contributed by atoms with Gasteiger partial charge in [0.1, 0.15) is 0 Å². The van der Waals surface area contributed by atoms with E-state index in [0.29, 0.717) is 5.92 Å². The summed E-state index contributed by atoms with van der Waals surface area (Å²) in [7, 11) is 0. The summed E-state index contributed by atoms with van der Waals surface area (Å²) in [6.45, 7) is 6.80. The fourth-order valence-corrected chi connectivity index (χ4v) is 2.71. The van der Waals surface area contributed by atoms with Crippen LogP contribution in [0, 0.1) is 6.92 Å². The number of benzene rings is 2. The molecule has 0 aliphatic rings. The molecule has 0 saturated carbocycles. The van der Waals surface area contributed by atoms with Crippen LogP contribution in [0.25, 0.3) is 0 Å². The summed E-state index contributed by atoms with van der Waals surface area (Å²) in [6, 6.07) is 17.4. The van der Waals surface area contributed by atoms with Crippen molar-refractivity contribution in [3.63, 3.8) is 0 Å². The molecule has 0 aliphatic heterocycles. The molecule has 2 rings (SSSR count). The van der Waals surface area contributed by atoms with Crippen LogP contribution in [-0.4, -0.2) is 0 Å². The quantitative estimate of drug-likeness (QED) is 0.710. The van der Waals surface area contributed by atoms with Gasteiger partial charge in [0.05, 0.1) is 0 Å². The second kappa shape index (κ2) is 5.86. The minimum Gasteiger partial charge on any atom is -0.0622 e. The van der Waals surface area contributed by atoms with Gasteiger partial charge >= 0.3 is 0 Å². The minimum atomic E-state index is 0.608. The molecule has 0 nitrogen and oxygen atoms in total. The zero-order valence-corrected chi connectivity index (χ0v) is 11.6. The van der Waals surface area contributed by atoms with Gasteiger partial charge in [0.15, 0.2) is 0 Å². The third-order valence-electron chi connectivity index (χ3n) is 3.52.